The lowest BCUT2D eigenvalue weighted by molar-refractivity contribution is 0.725. The molecule has 0 aromatic heterocycles. The van der Waals surface area contributed by atoms with Crippen LogP contribution in [0.4, 0.5) is 4.39 Å². The molecule has 0 aromatic rings. The lowest BCUT2D eigenvalue weighted by Gasteiger charge is -1.28. The summed E-state index contributed by atoms with van der Waals surface area (Å²) in [6, 6.07) is 0. The van der Waals surface area contributed by atoms with Crippen LogP contribution in [0.5, 0.6) is 0 Å². The van der Waals surface area contributed by atoms with E-state index in [0.29, 0.717) is 0 Å². The van der Waals surface area contributed by atoms with E-state index in [2.05, 4.69) is 6.58 Å². The van der Waals surface area contributed by atoms with Crippen LogP contribution in [0.25, 0.3) is 0 Å². The van der Waals surface area contributed by atoms with Gasteiger partial charge in [0.1, 0.15) is 0 Å². The van der Waals surface area contributed by atoms with E-state index in [9.17, 15) is 4.39 Å². The van der Waals surface area contributed by atoms with Crippen molar-refractivity contribution in [3.63, 3.8) is 0 Å². The molecule has 4 heavy (non-hydrogen) atoms. The maximum Gasteiger partial charge on any atom is 0.0795 e. The lowest BCUT2D eigenvalue weighted by Crippen LogP contribution is -0.990. The lowest BCUT2D eigenvalue weighted by atomic mass is 11.2. The summed E-state index contributed by atoms with van der Waals surface area (Å²) in [6.07, 6.45) is 0.250. The minimum atomic E-state index is 0. The van der Waals surface area contributed by atoms with E-state index >= 15 is 0 Å². The molecule has 0 radical (unpaired) electrons. The van der Waals surface area contributed by atoms with Gasteiger partial charge in [0.15, 0.2) is 0 Å². The third kappa shape index (κ3) is 126. The fraction of sp³-hybridized carbons (Fsp3) is 0. The average Bonchev–Trinajstić information content (AvgIpc) is 0.918. The Morgan fingerprint density at radius 2 is 1.75 bits per heavy atom. The van der Waals surface area contributed by atoms with Crippen LogP contribution in [0.15, 0.2) is 12.9 Å². The van der Waals surface area contributed by atoms with Crippen molar-refractivity contribution in [3.8, 4) is 0 Å². The van der Waals surface area contributed by atoms with Crippen molar-refractivity contribution in [1.29, 1.82) is 0 Å². The molecule has 0 aliphatic heterocycles. The second-order valence-electron chi connectivity index (χ2n) is 0.154. The van der Waals surface area contributed by atoms with Crippen LogP contribution in [-0.4, -0.2) is 0 Å². The molecule has 0 amide bonds. The third-order valence-electron chi connectivity index (χ3n) is 0. The quantitative estimate of drug-likeness (QED) is 0.464. The maximum absolute atomic E-state index is 10.1. The molecule has 2 heteroatoms. The monoisotopic (exact) mass is 126 g/mol. The van der Waals surface area contributed by atoms with Crippen LogP contribution in [0, 0.1) is 0 Å². The van der Waals surface area contributed by atoms with Crippen LogP contribution < -0.4 is 0 Å². The summed E-state index contributed by atoms with van der Waals surface area (Å²) in [7, 11) is 0. The van der Waals surface area contributed by atoms with E-state index in [1.54, 1.807) is 0 Å². The summed E-state index contributed by atoms with van der Waals surface area (Å²) >= 11 is 0. The SMILES string of the molecule is Br.C=CF. The molecule has 0 nitrogen and oxygen atoms in total. The molecule has 0 bridgehead atoms. The van der Waals surface area contributed by atoms with Crippen molar-refractivity contribution in [2.24, 2.45) is 0 Å². The highest BCUT2D eigenvalue weighted by Crippen LogP contribution is 1.48. The maximum atomic E-state index is 10.1. The average molecular weight is 127 g/mol. The third-order valence-corrected chi connectivity index (χ3v) is 0. The molecule has 0 aliphatic carbocycles. The van der Waals surface area contributed by atoms with Gasteiger partial charge in [0.2, 0.25) is 0 Å². The van der Waals surface area contributed by atoms with E-state index in [4.69, 9.17) is 0 Å². The normalized spacial score (nSPS) is 3.25. The van der Waals surface area contributed by atoms with Crippen LogP contribution in [0.3, 0.4) is 0 Å². The van der Waals surface area contributed by atoms with Crippen LogP contribution in [0.2, 0.25) is 0 Å². The van der Waals surface area contributed by atoms with Gasteiger partial charge in [0.05, 0.1) is 6.33 Å². The molecule has 0 N–H and O–H groups in total. The number of halogens is 2. The molecule has 0 atom stereocenters. The van der Waals surface area contributed by atoms with Gasteiger partial charge < -0.3 is 0 Å². The van der Waals surface area contributed by atoms with Crippen molar-refractivity contribution in [3.05, 3.63) is 12.9 Å². The zero-order valence-electron chi connectivity index (χ0n) is 2.07. The van der Waals surface area contributed by atoms with Gasteiger partial charge in [-0.05, 0) is 0 Å². The molecule has 0 unspecified atom stereocenters. The molecule has 0 saturated carbocycles. The first-order valence-corrected chi connectivity index (χ1v) is 0.626. The predicted octanol–water partition coefficient (Wildman–Crippen LogP) is 1.68. The van der Waals surface area contributed by atoms with Gasteiger partial charge >= 0.3 is 0 Å². The Morgan fingerprint density at radius 1 is 1.75 bits per heavy atom. The second-order valence-corrected chi connectivity index (χ2v) is 0.154. The predicted molar refractivity (Wildman–Crippen MR) is 21.6 cm³/mol. The van der Waals surface area contributed by atoms with Crippen LogP contribution >= 0.6 is 17.0 Å². The fourth-order valence-electron chi connectivity index (χ4n) is 0. The van der Waals surface area contributed by atoms with Crippen molar-refractivity contribution < 1.29 is 4.39 Å². The standard InChI is InChI=1S/C2H3F.BrH/c1-2-3;/h2H,1H2;1H. The molecule has 0 aromatic carbocycles. The number of rotatable bonds is 0. The van der Waals surface area contributed by atoms with Gasteiger partial charge in [0, 0.05) is 0 Å². The Kier molecular flexibility index (Phi) is 24.5. The summed E-state index contributed by atoms with van der Waals surface area (Å²) < 4.78 is 10.1. The largest absolute Gasteiger partial charge is 0.216 e. The van der Waals surface area contributed by atoms with Crippen molar-refractivity contribution >= 4 is 17.0 Å². The smallest absolute Gasteiger partial charge is 0.0795 e. The molecule has 0 saturated heterocycles. The molecule has 0 rings (SSSR count). The topological polar surface area (TPSA) is 0 Å². The van der Waals surface area contributed by atoms with E-state index in [-0.39, 0.29) is 23.3 Å². The highest BCUT2D eigenvalue weighted by molar-refractivity contribution is 8.93. The Morgan fingerprint density at radius 3 is 1.75 bits per heavy atom. The fourth-order valence-corrected chi connectivity index (χ4v) is 0. The van der Waals surface area contributed by atoms with Gasteiger partial charge in [-0.2, -0.15) is 0 Å². The second kappa shape index (κ2) is 11.0. The minimum Gasteiger partial charge on any atom is -0.216 e. The molecule has 0 spiro atoms. The van der Waals surface area contributed by atoms with E-state index in [0.717, 1.165) is 0 Å². The first kappa shape index (κ1) is 8.91. The Bertz CT molecular complexity index is 13.5. The highest BCUT2D eigenvalue weighted by Gasteiger charge is 1.19. The molecular weight excluding hydrogens is 123 g/mol. The van der Waals surface area contributed by atoms with Crippen molar-refractivity contribution in [1.82, 2.24) is 0 Å². The van der Waals surface area contributed by atoms with Crippen LogP contribution in [-0.2, 0) is 0 Å². The minimum absolute atomic E-state index is 0. The molecular formula is C2H4BrF. The van der Waals surface area contributed by atoms with Crippen molar-refractivity contribution in [2.75, 3.05) is 0 Å². The van der Waals surface area contributed by atoms with E-state index in [1.807, 2.05) is 0 Å². The highest BCUT2D eigenvalue weighted by atomic mass is 79.9. The number of hydrogen-bond donors (Lipinski definition) is 0. The summed E-state index contributed by atoms with van der Waals surface area (Å²) in [4.78, 5) is 0. The summed E-state index contributed by atoms with van der Waals surface area (Å²) in [5, 5.41) is 0. The van der Waals surface area contributed by atoms with E-state index in [1.165, 1.54) is 0 Å². The molecule has 26 valence electrons. The van der Waals surface area contributed by atoms with Gasteiger partial charge in [0.25, 0.3) is 0 Å². The van der Waals surface area contributed by atoms with Gasteiger partial charge in [-0.15, -0.1) is 17.0 Å². The molecule has 0 heterocycles. The van der Waals surface area contributed by atoms with Gasteiger partial charge in [-0.3, -0.25) is 0 Å². The zero-order chi connectivity index (χ0) is 2.71. The van der Waals surface area contributed by atoms with Crippen molar-refractivity contribution in [2.45, 2.75) is 0 Å². The van der Waals surface area contributed by atoms with Gasteiger partial charge in [-0.25, -0.2) is 4.39 Å². The Labute approximate surface area is 35.1 Å². The zero-order valence-corrected chi connectivity index (χ0v) is 3.78. The first-order chi connectivity index (χ1) is 1.41. The summed E-state index contributed by atoms with van der Waals surface area (Å²) in [5.41, 5.74) is 0. The van der Waals surface area contributed by atoms with E-state index < -0.39 is 0 Å². The summed E-state index contributed by atoms with van der Waals surface area (Å²) in [6.45, 7) is 2.69. The van der Waals surface area contributed by atoms with Crippen LogP contribution in [0.1, 0.15) is 0 Å². The molecule has 0 aliphatic rings. The molecule has 0 fully saturated rings. The first-order valence-electron chi connectivity index (χ1n) is 0.626. The Balaban J connectivity index is 0. The number of hydrogen-bond acceptors (Lipinski definition) is 0. The van der Waals surface area contributed by atoms with Gasteiger partial charge in [-0.1, -0.05) is 6.58 Å². The Hall–Kier alpha value is 0.150. The summed E-state index contributed by atoms with van der Waals surface area (Å²) in [5.74, 6) is 0.